The maximum atomic E-state index is 0. The summed E-state index contributed by atoms with van der Waals surface area (Å²) in [6, 6.07) is 0. The van der Waals surface area contributed by atoms with Gasteiger partial charge in [0.25, 0.3) is 0 Å². The minimum atomic E-state index is 0. The fraction of sp³-hybridized carbons (Fsp3) is 0. The summed E-state index contributed by atoms with van der Waals surface area (Å²) in [6.07, 6.45) is 0. The molecule has 4 heavy (non-hydrogen) atoms. The quantitative estimate of drug-likeness (QED) is 0.282. The molecule has 0 heterocycles. The predicted molar refractivity (Wildman–Crippen MR) is 3.87 cm³/mol. The maximum absolute atomic E-state index is 0. The molecule has 2 nitrogen and oxygen atoms in total. The molecule has 4 heteroatoms. The van der Waals surface area contributed by atoms with Crippen molar-refractivity contribution in [3.8, 4) is 0 Å². The Morgan fingerprint density at radius 3 is 0.750 bits per heavy atom. The van der Waals surface area contributed by atoms with Crippen molar-refractivity contribution in [2.45, 2.75) is 0 Å². The van der Waals surface area contributed by atoms with E-state index in [-0.39, 0.29) is 91.9 Å². The SMILES string of the molecule is [K+].[Na+].[OH-].[OH-]. The average Bonchev–Trinajstić information content (AvgIpc) is 0. The first-order chi connectivity index (χ1) is 0. The summed E-state index contributed by atoms with van der Waals surface area (Å²) in [7, 11) is 0. The second-order valence-electron chi connectivity index (χ2n) is 0. The molecule has 0 rings (SSSR count). The molecule has 0 saturated heterocycles. The van der Waals surface area contributed by atoms with E-state index in [1.807, 2.05) is 0 Å². The van der Waals surface area contributed by atoms with Crippen LogP contribution in [-0.2, 0) is 0 Å². The van der Waals surface area contributed by atoms with Gasteiger partial charge in [-0.05, 0) is 0 Å². The first-order valence-corrected chi connectivity index (χ1v) is 0. The van der Waals surface area contributed by atoms with E-state index in [1.54, 1.807) is 0 Å². The third kappa shape index (κ3) is 8.82. The first kappa shape index (κ1) is 31.0. The second kappa shape index (κ2) is 17.7. The van der Waals surface area contributed by atoms with Gasteiger partial charge in [0.15, 0.2) is 0 Å². The summed E-state index contributed by atoms with van der Waals surface area (Å²) in [5, 5.41) is 0. The Morgan fingerprint density at radius 2 is 0.750 bits per heavy atom. The third-order valence-electron chi connectivity index (χ3n) is 0. The summed E-state index contributed by atoms with van der Waals surface area (Å²) in [6.45, 7) is 0. The van der Waals surface area contributed by atoms with Gasteiger partial charge in [0, 0.05) is 0 Å². The van der Waals surface area contributed by atoms with Gasteiger partial charge in [0.05, 0.1) is 0 Å². The monoisotopic (exact) mass is 96.0 g/mol. The molecule has 0 aliphatic carbocycles. The number of hydrogen-bond donors (Lipinski definition) is 0. The van der Waals surface area contributed by atoms with E-state index in [0.717, 1.165) is 0 Å². The Morgan fingerprint density at radius 1 is 0.750 bits per heavy atom. The van der Waals surface area contributed by atoms with Crippen molar-refractivity contribution in [2.75, 3.05) is 0 Å². The van der Waals surface area contributed by atoms with Gasteiger partial charge in [0.2, 0.25) is 0 Å². The van der Waals surface area contributed by atoms with E-state index in [2.05, 4.69) is 0 Å². The van der Waals surface area contributed by atoms with Crippen LogP contribution in [0.25, 0.3) is 0 Å². The molecule has 16 valence electrons. The molecule has 0 amide bonds. The zero-order chi connectivity index (χ0) is 0. The standard InChI is InChI=1S/K.Na.2H2O/h;;2*1H2/q2*+1;;/p-2. The minimum absolute atomic E-state index is 0. The summed E-state index contributed by atoms with van der Waals surface area (Å²) in [4.78, 5) is 0. The zero-order valence-corrected chi connectivity index (χ0v) is 8.02. The van der Waals surface area contributed by atoms with Crippen LogP contribution in [0.1, 0.15) is 0 Å². The van der Waals surface area contributed by atoms with Crippen LogP contribution in [0, 0.1) is 0 Å². The van der Waals surface area contributed by atoms with Crippen molar-refractivity contribution in [3.63, 3.8) is 0 Å². The molecule has 0 saturated carbocycles. The number of rotatable bonds is 0. The van der Waals surface area contributed by atoms with Crippen molar-refractivity contribution in [2.24, 2.45) is 0 Å². The summed E-state index contributed by atoms with van der Waals surface area (Å²) < 4.78 is 0. The van der Waals surface area contributed by atoms with Gasteiger partial charge >= 0.3 is 80.9 Å². The largest absolute Gasteiger partial charge is 1.00 e. The van der Waals surface area contributed by atoms with Crippen LogP contribution in [0.3, 0.4) is 0 Å². The van der Waals surface area contributed by atoms with Gasteiger partial charge in [-0.1, -0.05) is 0 Å². The molecule has 0 unspecified atom stereocenters. The molecular weight excluding hydrogens is 94.1 g/mol. The normalized spacial score (nSPS) is 0. The first-order valence-electron chi connectivity index (χ1n) is 0. The summed E-state index contributed by atoms with van der Waals surface area (Å²) in [5.41, 5.74) is 0. The molecule has 0 fully saturated rings. The fourth-order valence-corrected chi connectivity index (χ4v) is 0. The van der Waals surface area contributed by atoms with Gasteiger partial charge in [0.1, 0.15) is 0 Å². The van der Waals surface area contributed by atoms with Crippen LogP contribution in [0.15, 0.2) is 0 Å². The van der Waals surface area contributed by atoms with E-state index in [9.17, 15) is 0 Å². The summed E-state index contributed by atoms with van der Waals surface area (Å²) in [5.74, 6) is 0. The molecule has 0 aromatic heterocycles. The van der Waals surface area contributed by atoms with Crippen molar-refractivity contribution in [3.05, 3.63) is 0 Å². The van der Waals surface area contributed by atoms with Crippen molar-refractivity contribution >= 4 is 0 Å². The van der Waals surface area contributed by atoms with E-state index >= 15 is 0 Å². The fourth-order valence-electron chi connectivity index (χ4n) is 0. The Bertz CT molecular complexity index is 6.00. The topological polar surface area (TPSA) is 60.0 Å². The Kier molecular flexibility index (Phi) is 137. The molecule has 0 spiro atoms. The molecule has 2 N–H and O–H groups in total. The molecule has 0 aromatic carbocycles. The minimum Gasteiger partial charge on any atom is -0.870 e. The van der Waals surface area contributed by atoms with Gasteiger partial charge in [-0.25, -0.2) is 0 Å². The van der Waals surface area contributed by atoms with Gasteiger partial charge in [-0.15, -0.1) is 0 Å². The van der Waals surface area contributed by atoms with Crippen LogP contribution in [0.5, 0.6) is 0 Å². The Labute approximate surface area is 89.7 Å². The van der Waals surface area contributed by atoms with Crippen LogP contribution in [0.4, 0.5) is 0 Å². The smallest absolute Gasteiger partial charge is 0.870 e. The molecule has 0 radical (unpaired) electrons. The average molecular weight is 96.1 g/mol. The second-order valence-corrected chi connectivity index (χ2v) is 0. The summed E-state index contributed by atoms with van der Waals surface area (Å²) >= 11 is 0. The molecule has 0 aliphatic heterocycles. The van der Waals surface area contributed by atoms with Crippen molar-refractivity contribution < 1.29 is 91.9 Å². The molecular formula is H2KNaO2. The van der Waals surface area contributed by atoms with Gasteiger partial charge < -0.3 is 11.0 Å². The zero-order valence-electron chi connectivity index (χ0n) is 2.89. The molecule has 0 aromatic rings. The van der Waals surface area contributed by atoms with E-state index in [4.69, 9.17) is 0 Å². The Hall–Kier alpha value is 2.56. The Balaban J connectivity index is 0. The van der Waals surface area contributed by atoms with E-state index in [0.29, 0.717) is 0 Å². The molecule has 0 aliphatic rings. The van der Waals surface area contributed by atoms with Gasteiger partial charge in [-0.2, -0.15) is 0 Å². The maximum Gasteiger partial charge on any atom is 1.00 e. The number of hydrogen-bond acceptors (Lipinski definition) is 2. The van der Waals surface area contributed by atoms with Crippen LogP contribution >= 0.6 is 0 Å². The third-order valence-corrected chi connectivity index (χ3v) is 0. The van der Waals surface area contributed by atoms with Crippen LogP contribution in [0.2, 0.25) is 0 Å². The van der Waals surface area contributed by atoms with Gasteiger partial charge in [-0.3, -0.25) is 0 Å². The predicted octanol–water partition coefficient (Wildman–Crippen LogP) is -6.35. The van der Waals surface area contributed by atoms with Crippen molar-refractivity contribution in [1.29, 1.82) is 0 Å². The molecule has 0 atom stereocenters. The van der Waals surface area contributed by atoms with Crippen LogP contribution in [-0.4, -0.2) is 11.0 Å². The van der Waals surface area contributed by atoms with E-state index < -0.39 is 0 Å². The van der Waals surface area contributed by atoms with Crippen molar-refractivity contribution in [1.82, 2.24) is 0 Å². The molecule has 0 bridgehead atoms. The van der Waals surface area contributed by atoms with Crippen LogP contribution < -0.4 is 80.9 Å². The van der Waals surface area contributed by atoms with E-state index in [1.165, 1.54) is 0 Å².